The Morgan fingerprint density at radius 1 is 0.906 bits per heavy atom. The molecule has 5 rings (SSSR count). The van der Waals surface area contributed by atoms with Gasteiger partial charge in [0.1, 0.15) is 0 Å². The standard InChI is InChI=1S/C26H34N4O2/c27-19-20-5-1-2-8-23(20)25(32)30-13-9-26(10-14-30)17-21(18-26)24(31)29-12-4-11-28(15-16-29)22-6-3-7-22/h1-2,5,8,21-22H,3-4,6-7,9-18H2. The van der Waals surface area contributed by atoms with Crippen molar-refractivity contribution in [1.82, 2.24) is 14.7 Å². The minimum Gasteiger partial charge on any atom is -0.341 e. The van der Waals surface area contributed by atoms with Crippen molar-refractivity contribution in [1.29, 1.82) is 5.26 Å². The molecule has 2 heterocycles. The lowest BCUT2D eigenvalue weighted by molar-refractivity contribution is -0.145. The molecule has 2 saturated carbocycles. The van der Waals surface area contributed by atoms with Crippen LogP contribution in [0.2, 0.25) is 0 Å². The van der Waals surface area contributed by atoms with Gasteiger partial charge in [-0.2, -0.15) is 5.26 Å². The van der Waals surface area contributed by atoms with Crippen LogP contribution in [0.5, 0.6) is 0 Å². The Morgan fingerprint density at radius 3 is 2.34 bits per heavy atom. The van der Waals surface area contributed by atoms with E-state index in [2.05, 4.69) is 15.9 Å². The molecule has 1 spiro atoms. The fourth-order valence-corrected chi connectivity index (χ4v) is 6.22. The molecule has 0 radical (unpaired) electrons. The first-order chi connectivity index (χ1) is 15.6. The van der Waals surface area contributed by atoms with Crippen LogP contribution in [0, 0.1) is 22.7 Å². The zero-order chi connectivity index (χ0) is 22.1. The molecule has 32 heavy (non-hydrogen) atoms. The first-order valence-corrected chi connectivity index (χ1v) is 12.4. The fourth-order valence-electron chi connectivity index (χ4n) is 6.22. The molecular formula is C26H34N4O2. The number of rotatable bonds is 3. The monoisotopic (exact) mass is 434 g/mol. The normalized spacial score (nSPS) is 24.3. The topological polar surface area (TPSA) is 67.6 Å². The molecule has 6 nitrogen and oxygen atoms in total. The number of likely N-dealkylation sites (tertiary alicyclic amines) is 1. The maximum atomic E-state index is 13.2. The summed E-state index contributed by atoms with van der Waals surface area (Å²) >= 11 is 0. The first-order valence-electron chi connectivity index (χ1n) is 12.4. The van der Waals surface area contributed by atoms with E-state index in [9.17, 15) is 14.9 Å². The summed E-state index contributed by atoms with van der Waals surface area (Å²) in [5, 5.41) is 9.30. The maximum absolute atomic E-state index is 13.2. The lowest BCUT2D eigenvalue weighted by Crippen LogP contribution is -2.53. The summed E-state index contributed by atoms with van der Waals surface area (Å²) in [7, 11) is 0. The van der Waals surface area contributed by atoms with E-state index in [1.54, 1.807) is 18.2 Å². The van der Waals surface area contributed by atoms with Crippen LogP contribution in [-0.4, -0.2) is 71.8 Å². The van der Waals surface area contributed by atoms with E-state index in [1.807, 2.05) is 11.0 Å². The van der Waals surface area contributed by atoms with E-state index in [4.69, 9.17) is 0 Å². The summed E-state index contributed by atoms with van der Waals surface area (Å²) in [6.45, 7) is 5.42. The highest BCUT2D eigenvalue weighted by molar-refractivity contribution is 5.96. The minimum atomic E-state index is -0.0375. The van der Waals surface area contributed by atoms with Crippen LogP contribution in [0.1, 0.15) is 67.3 Å². The van der Waals surface area contributed by atoms with Crippen LogP contribution in [0.4, 0.5) is 0 Å². The number of nitrogens with zero attached hydrogens (tertiary/aromatic N) is 4. The Labute approximate surface area is 191 Å². The molecule has 0 atom stereocenters. The molecule has 0 N–H and O–H groups in total. The van der Waals surface area contributed by atoms with Crippen molar-refractivity contribution < 1.29 is 9.59 Å². The van der Waals surface area contributed by atoms with Crippen molar-refractivity contribution >= 4 is 11.8 Å². The van der Waals surface area contributed by atoms with Gasteiger partial charge in [-0.15, -0.1) is 0 Å². The van der Waals surface area contributed by atoms with Gasteiger partial charge in [-0.25, -0.2) is 0 Å². The average molecular weight is 435 g/mol. The summed E-state index contributed by atoms with van der Waals surface area (Å²) in [4.78, 5) is 32.7. The molecule has 170 valence electrons. The second kappa shape index (κ2) is 8.86. The van der Waals surface area contributed by atoms with Crippen LogP contribution in [-0.2, 0) is 4.79 Å². The number of benzene rings is 1. The molecule has 0 unspecified atom stereocenters. The third-order valence-electron chi connectivity index (χ3n) is 8.53. The van der Waals surface area contributed by atoms with E-state index in [0.717, 1.165) is 77.4 Å². The van der Waals surface area contributed by atoms with Gasteiger partial charge < -0.3 is 9.80 Å². The average Bonchev–Trinajstić information content (AvgIpc) is 3.01. The lowest BCUT2D eigenvalue weighted by atomic mass is 9.57. The molecule has 0 aromatic heterocycles. The van der Waals surface area contributed by atoms with Crippen molar-refractivity contribution in [2.75, 3.05) is 39.3 Å². The van der Waals surface area contributed by atoms with Crippen LogP contribution < -0.4 is 0 Å². The Morgan fingerprint density at radius 2 is 1.66 bits per heavy atom. The SMILES string of the molecule is N#Cc1ccccc1C(=O)N1CCC2(CC1)CC(C(=O)N1CCCN(C3CCC3)CC1)C2. The smallest absolute Gasteiger partial charge is 0.255 e. The number of piperidine rings is 1. The summed E-state index contributed by atoms with van der Waals surface area (Å²) < 4.78 is 0. The largest absolute Gasteiger partial charge is 0.341 e. The molecule has 2 amide bonds. The van der Waals surface area contributed by atoms with E-state index in [1.165, 1.54) is 19.3 Å². The van der Waals surface area contributed by atoms with E-state index in [0.29, 0.717) is 17.0 Å². The van der Waals surface area contributed by atoms with E-state index in [-0.39, 0.29) is 17.2 Å². The lowest BCUT2D eigenvalue weighted by Gasteiger charge is -2.52. The van der Waals surface area contributed by atoms with Gasteiger partial charge in [-0.05, 0) is 62.5 Å². The predicted molar refractivity (Wildman–Crippen MR) is 122 cm³/mol. The molecule has 2 saturated heterocycles. The molecule has 2 aliphatic carbocycles. The first kappa shape index (κ1) is 21.5. The minimum absolute atomic E-state index is 0.0375. The van der Waals surface area contributed by atoms with Crippen LogP contribution in [0.15, 0.2) is 24.3 Å². The van der Waals surface area contributed by atoms with Crippen molar-refractivity contribution in [3.8, 4) is 6.07 Å². The van der Waals surface area contributed by atoms with Gasteiger partial charge in [0, 0.05) is 51.2 Å². The van der Waals surface area contributed by atoms with Crippen molar-refractivity contribution in [3.63, 3.8) is 0 Å². The number of carbonyl (C=O) groups excluding carboxylic acids is 2. The summed E-state index contributed by atoms with van der Waals surface area (Å²) in [5.74, 6) is 0.504. The van der Waals surface area contributed by atoms with E-state index >= 15 is 0 Å². The molecule has 1 aromatic rings. The second-order valence-corrected chi connectivity index (χ2v) is 10.4. The second-order valence-electron chi connectivity index (χ2n) is 10.4. The number of hydrogen-bond donors (Lipinski definition) is 0. The Balaban J connectivity index is 1.11. The van der Waals surface area contributed by atoms with Gasteiger partial charge >= 0.3 is 0 Å². The van der Waals surface area contributed by atoms with Gasteiger partial charge in [0.05, 0.1) is 17.2 Å². The highest BCUT2D eigenvalue weighted by Crippen LogP contribution is 2.53. The van der Waals surface area contributed by atoms with Crippen LogP contribution in [0.3, 0.4) is 0 Å². The van der Waals surface area contributed by atoms with E-state index < -0.39 is 0 Å². The zero-order valence-electron chi connectivity index (χ0n) is 19.0. The van der Waals surface area contributed by atoms with Crippen molar-refractivity contribution in [3.05, 3.63) is 35.4 Å². The third-order valence-corrected chi connectivity index (χ3v) is 8.53. The van der Waals surface area contributed by atoms with Crippen LogP contribution in [0.25, 0.3) is 0 Å². The number of hydrogen-bond acceptors (Lipinski definition) is 4. The van der Waals surface area contributed by atoms with Gasteiger partial charge in [-0.1, -0.05) is 18.6 Å². The number of amides is 2. The summed E-state index contributed by atoms with van der Waals surface area (Å²) in [6, 6.07) is 9.96. The van der Waals surface area contributed by atoms with Crippen LogP contribution >= 0.6 is 0 Å². The molecule has 1 aromatic carbocycles. The Bertz CT molecular complexity index is 903. The van der Waals surface area contributed by atoms with Crippen molar-refractivity contribution in [2.24, 2.45) is 11.3 Å². The Hall–Kier alpha value is -2.39. The zero-order valence-corrected chi connectivity index (χ0v) is 19.0. The predicted octanol–water partition coefficient (Wildman–Crippen LogP) is 3.28. The van der Waals surface area contributed by atoms with Gasteiger partial charge in [0.25, 0.3) is 5.91 Å². The molecule has 0 bridgehead atoms. The number of carbonyl (C=O) groups is 2. The third kappa shape index (κ3) is 4.03. The summed E-state index contributed by atoms with van der Waals surface area (Å²) in [5.41, 5.74) is 1.18. The van der Waals surface area contributed by atoms with Gasteiger partial charge in [0.15, 0.2) is 0 Å². The molecule has 2 aliphatic heterocycles. The van der Waals surface area contributed by atoms with Gasteiger partial charge in [-0.3, -0.25) is 14.5 Å². The van der Waals surface area contributed by atoms with Gasteiger partial charge in [0.2, 0.25) is 5.91 Å². The molecule has 4 aliphatic rings. The van der Waals surface area contributed by atoms with Crippen molar-refractivity contribution in [2.45, 2.75) is 57.4 Å². The quantitative estimate of drug-likeness (QED) is 0.732. The summed E-state index contributed by atoms with van der Waals surface area (Å²) in [6.07, 6.45) is 9.01. The molecule has 6 heteroatoms. The maximum Gasteiger partial charge on any atom is 0.255 e. The highest BCUT2D eigenvalue weighted by atomic mass is 16.2. The molecule has 4 fully saturated rings. The number of nitriles is 1. The fraction of sp³-hybridized carbons (Fsp3) is 0.654. The Kier molecular flexibility index (Phi) is 5.94. The molecular weight excluding hydrogens is 400 g/mol. The highest BCUT2D eigenvalue weighted by Gasteiger charge is 2.50.